The van der Waals surface area contributed by atoms with Crippen molar-refractivity contribution in [2.24, 2.45) is 11.7 Å². The van der Waals surface area contributed by atoms with Gasteiger partial charge in [0.25, 0.3) is 0 Å². The van der Waals surface area contributed by atoms with Crippen molar-refractivity contribution >= 4 is 11.6 Å². The first-order valence-electron chi connectivity index (χ1n) is 9.08. The Balaban J connectivity index is 1.39. The molecule has 0 spiro atoms. The smallest absolute Gasteiger partial charge is 0.235 e. The lowest BCUT2D eigenvalue weighted by molar-refractivity contribution is -0.119. The lowest BCUT2D eigenvalue weighted by Gasteiger charge is -2.35. The van der Waals surface area contributed by atoms with Gasteiger partial charge < -0.3 is 11.1 Å². The van der Waals surface area contributed by atoms with E-state index in [1.807, 2.05) is 0 Å². The number of rotatable bonds is 4. The van der Waals surface area contributed by atoms with Crippen molar-refractivity contribution in [2.75, 3.05) is 25.0 Å². The maximum atomic E-state index is 11.3. The standard InChI is InChI=1S/C18H27N5O/c19-18(24)16-9-15(21-22-16)13-5-2-8-23(10-13)11-14-4-1-3-12-6-7-20-17(12)14/h1,3-4,13,15-16,20-22H,2,5-11H2,(H2,19,24). The van der Waals surface area contributed by atoms with Crippen molar-refractivity contribution in [2.45, 2.75) is 44.3 Å². The van der Waals surface area contributed by atoms with E-state index in [1.54, 1.807) is 0 Å². The summed E-state index contributed by atoms with van der Waals surface area (Å²) in [6.45, 7) is 4.29. The fraction of sp³-hybridized carbons (Fsp3) is 0.611. The fourth-order valence-electron chi connectivity index (χ4n) is 4.42. The van der Waals surface area contributed by atoms with E-state index in [0.29, 0.717) is 12.0 Å². The molecule has 1 amide bonds. The lowest BCUT2D eigenvalue weighted by Crippen LogP contribution is -2.45. The molecular formula is C18H27N5O. The van der Waals surface area contributed by atoms with Gasteiger partial charge in [-0.05, 0) is 49.3 Å². The topological polar surface area (TPSA) is 82.4 Å². The summed E-state index contributed by atoms with van der Waals surface area (Å²) in [5.41, 5.74) is 16.0. The molecule has 3 heterocycles. The number of amides is 1. The minimum Gasteiger partial charge on any atom is -0.384 e. The zero-order valence-corrected chi connectivity index (χ0v) is 14.1. The number of hydrogen-bond donors (Lipinski definition) is 4. The van der Waals surface area contributed by atoms with Crippen LogP contribution in [0.4, 0.5) is 5.69 Å². The van der Waals surface area contributed by atoms with E-state index in [2.05, 4.69) is 39.3 Å². The number of primary amides is 1. The van der Waals surface area contributed by atoms with Crippen LogP contribution in [0.2, 0.25) is 0 Å². The maximum Gasteiger partial charge on any atom is 0.235 e. The Morgan fingerprint density at radius 3 is 3.08 bits per heavy atom. The molecule has 6 nitrogen and oxygen atoms in total. The van der Waals surface area contributed by atoms with Crippen LogP contribution in [0, 0.1) is 5.92 Å². The summed E-state index contributed by atoms with van der Waals surface area (Å²) >= 11 is 0. The number of hydrazine groups is 1. The van der Waals surface area contributed by atoms with Gasteiger partial charge in [-0.2, -0.15) is 0 Å². The Bertz CT molecular complexity index is 619. The number of benzene rings is 1. The summed E-state index contributed by atoms with van der Waals surface area (Å²) in [6, 6.07) is 6.77. The van der Waals surface area contributed by atoms with E-state index >= 15 is 0 Å². The fourth-order valence-corrected chi connectivity index (χ4v) is 4.42. The van der Waals surface area contributed by atoms with Crippen molar-refractivity contribution in [1.29, 1.82) is 0 Å². The van der Waals surface area contributed by atoms with E-state index < -0.39 is 0 Å². The number of nitrogens with two attached hydrogens (primary N) is 1. The molecule has 1 aromatic rings. The molecule has 0 aliphatic carbocycles. The molecule has 1 aromatic carbocycles. The van der Waals surface area contributed by atoms with Gasteiger partial charge in [0.05, 0.1) is 0 Å². The van der Waals surface area contributed by atoms with E-state index in [4.69, 9.17) is 5.73 Å². The average molecular weight is 329 g/mol. The second-order valence-electron chi connectivity index (χ2n) is 7.35. The van der Waals surface area contributed by atoms with E-state index in [9.17, 15) is 4.79 Å². The van der Waals surface area contributed by atoms with Crippen LogP contribution in [-0.4, -0.2) is 42.5 Å². The van der Waals surface area contributed by atoms with Gasteiger partial charge >= 0.3 is 0 Å². The first kappa shape index (κ1) is 15.9. The van der Waals surface area contributed by atoms with Gasteiger partial charge in [-0.1, -0.05) is 18.2 Å². The molecule has 0 aromatic heterocycles. The molecule has 2 saturated heterocycles. The molecule has 2 fully saturated rings. The summed E-state index contributed by atoms with van der Waals surface area (Å²) < 4.78 is 0. The summed E-state index contributed by atoms with van der Waals surface area (Å²) in [5.74, 6) is 0.309. The van der Waals surface area contributed by atoms with Crippen molar-refractivity contribution in [1.82, 2.24) is 15.8 Å². The van der Waals surface area contributed by atoms with Gasteiger partial charge in [-0.15, -0.1) is 0 Å². The Hall–Kier alpha value is -1.63. The third kappa shape index (κ3) is 3.14. The third-order valence-corrected chi connectivity index (χ3v) is 5.71. The molecular weight excluding hydrogens is 302 g/mol. The normalized spacial score (nSPS) is 30.1. The molecule has 0 radical (unpaired) electrons. The molecule has 24 heavy (non-hydrogen) atoms. The number of likely N-dealkylation sites (tertiary alicyclic amines) is 1. The van der Waals surface area contributed by atoms with Crippen LogP contribution in [0.15, 0.2) is 18.2 Å². The number of para-hydroxylation sites is 1. The van der Waals surface area contributed by atoms with Crippen LogP contribution in [0.1, 0.15) is 30.4 Å². The summed E-state index contributed by atoms with van der Waals surface area (Å²) in [4.78, 5) is 13.9. The number of carbonyl (C=O) groups is 1. The molecule has 3 atom stereocenters. The van der Waals surface area contributed by atoms with Gasteiger partial charge in [-0.3, -0.25) is 15.1 Å². The van der Waals surface area contributed by atoms with Gasteiger partial charge in [-0.25, -0.2) is 5.43 Å². The maximum absolute atomic E-state index is 11.3. The number of nitrogens with one attached hydrogen (secondary N) is 3. The number of anilines is 1. The largest absolute Gasteiger partial charge is 0.384 e. The Labute approximate surface area is 143 Å². The molecule has 4 rings (SSSR count). The molecule has 0 saturated carbocycles. The number of piperidine rings is 1. The molecule has 0 bridgehead atoms. The van der Waals surface area contributed by atoms with E-state index in [1.165, 1.54) is 29.7 Å². The van der Waals surface area contributed by atoms with E-state index in [-0.39, 0.29) is 11.9 Å². The van der Waals surface area contributed by atoms with Gasteiger partial charge in [0.15, 0.2) is 0 Å². The van der Waals surface area contributed by atoms with Gasteiger partial charge in [0.2, 0.25) is 5.91 Å². The van der Waals surface area contributed by atoms with Gasteiger partial charge in [0, 0.05) is 31.4 Å². The van der Waals surface area contributed by atoms with Crippen LogP contribution in [0.5, 0.6) is 0 Å². The molecule has 3 unspecified atom stereocenters. The summed E-state index contributed by atoms with van der Waals surface area (Å²) in [7, 11) is 0. The highest BCUT2D eigenvalue weighted by atomic mass is 16.1. The zero-order valence-electron chi connectivity index (χ0n) is 14.1. The number of fused-ring (bicyclic) bond motifs is 1. The van der Waals surface area contributed by atoms with Crippen LogP contribution in [0.25, 0.3) is 0 Å². The van der Waals surface area contributed by atoms with Crippen LogP contribution < -0.4 is 21.9 Å². The molecule has 5 N–H and O–H groups in total. The minimum atomic E-state index is -0.261. The monoisotopic (exact) mass is 329 g/mol. The Morgan fingerprint density at radius 2 is 2.25 bits per heavy atom. The molecule has 3 aliphatic heterocycles. The average Bonchev–Trinajstić information content (AvgIpc) is 3.25. The van der Waals surface area contributed by atoms with Crippen LogP contribution in [-0.2, 0) is 17.8 Å². The molecule has 130 valence electrons. The van der Waals surface area contributed by atoms with Crippen molar-refractivity contribution in [3.63, 3.8) is 0 Å². The molecule has 3 aliphatic rings. The highest BCUT2D eigenvalue weighted by molar-refractivity contribution is 5.80. The summed E-state index contributed by atoms with van der Waals surface area (Å²) in [6.07, 6.45) is 4.37. The highest BCUT2D eigenvalue weighted by Gasteiger charge is 2.35. The number of carbonyl (C=O) groups excluding carboxylic acids is 1. The quantitative estimate of drug-likeness (QED) is 0.650. The second kappa shape index (κ2) is 6.70. The zero-order chi connectivity index (χ0) is 16.5. The van der Waals surface area contributed by atoms with Crippen LogP contribution >= 0.6 is 0 Å². The predicted octanol–water partition coefficient (Wildman–Crippen LogP) is 0.587. The summed E-state index contributed by atoms with van der Waals surface area (Å²) in [5, 5.41) is 3.54. The Kier molecular flexibility index (Phi) is 4.43. The van der Waals surface area contributed by atoms with Crippen molar-refractivity contribution in [3.8, 4) is 0 Å². The van der Waals surface area contributed by atoms with E-state index in [0.717, 1.165) is 39.0 Å². The van der Waals surface area contributed by atoms with Gasteiger partial charge in [0.1, 0.15) is 6.04 Å². The molecule has 6 heteroatoms. The lowest BCUT2D eigenvalue weighted by atomic mass is 9.88. The second-order valence-corrected chi connectivity index (χ2v) is 7.35. The Morgan fingerprint density at radius 1 is 1.33 bits per heavy atom. The van der Waals surface area contributed by atoms with Crippen molar-refractivity contribution < 1.29 is 4.79 Å². The SMILES string of the molecule is NC(=O)C1CC(C2CCCN(Cc3cccc4c3NCC4)C2)NN1. The number of hydrogen-bond acceptors (Lipinski definition) is 5. The number of nitrogens with zero attached hydrogens (tertiary/aromatic N) is 1. The first-order valence-corrected chi connectivity index (χ1v) is 9.08. The van der Waals surface area contributed by atoms with Crippen LogP contribution in [0.3, 0.4) is 0 Å². The predicted molar refractivity (Wildman–Crippen MR) is 94.3 cm³/mol. The minimum absolute atomic E-state index is 0.230. The third-order valence-electron chi connectivity index (χ3n) is 5.71. The highest BCUT2D eigenvalue weighted by Crippen LogP contribution is 2.30. The first-order chi connectivity index (χ1) is 11.7. The van der Waals surface area contributed by atoms with Crippen molar-refractivity contribution in [3.05, 3.63) is 29.3 Å².